The minimum atomic E-state index is -0.820. The fraction of sp³-hybridized carbons (Fsp3) is 0.423. The van der Waals surface area contributed by atoms with Gasteiger partial charge in [-0.1, -0.05) is 23.7 Å². The fourth-order valence-corrected chi connectivity index (χ4v) is 5.42. The summed E-state index contributed by atoms with van der Waals surface area (Å²) in [5.74, 6) is -0.698. The maximum absolute atomic E-state index is 13.6. The minimum absolute atomic E-state index is 0.198. The average Bonchev–Trinajstić information content (AvgIpc) is 2.83. The van der Waals surface area contributed by atoms with Crippen molar-refractivity contribution in [3.05, 3.63) is 64.4 Å². The Morgan fingerprint density at radius 2 is 1.92 bits per heavy atom. The highest BCUT2D eigenvalue weighted by Gasteiger charge is 2.44. The van der Waals surface area contributed by atoms with Crippen molar-refractivity contribution in [2.75, 3.05) is 20.1 Å². The van der Waals surface area contributed by atoms with Gasteiger partial charge in [-0.3, -0.25) is 9.59 Å². The highest BCUT2D eigenvalue weighted by molar-refractivity contribution is 7.97. The van der Waals surface area contributed by atoms with E-state index in [0.29, 0.717) is 18.0 Å². The van der Waals surface area contributed by atoms with Gasteiger partial charge in [-0.15, -0.1) is 0 Å². The van der Waals surface area contributed by atoms with Crippen LogP contribution in [0.15, 0.2) is 47.4 Å². The van der Waals surface area contributed by atoms with Crippen LogP contribution in [-0.4, -0.2) is 77.1 Å². The third-order valence-corrected chi connectivity index (χ3v) is 7.91. The number of aldehydes is 1. The van der Waals surface area contributed by atoms with Crippen molar-refractivity contribution < 1.29 is 18.8 Å². The molecule has 7 nitrogen and oxygen atoms in total. The summed E-state index contributed by atoms with van der Waals surface area (Å²) in [5.41, 5.74) is 1.71. The lowest BCUT2D eigenvalue weighted by molar-refractivity contribution is -0.151. The van der Waals surface area contributed by atoms with Gasteiger partial charge in [-0.2, -0.15) is 0 Å². The summed E-state index contributed by atoms with van der Waals surface area (Å²) < 4.78 is 15.5. The van der Waals surface area contributed by atoms with Crippen molar-refractivity contribution in [3.8, 4) is 0 Å². The highest BCUT2D eigenvalue weighted by Crippen LogP contribution is 2.34. The van der Waals surface area contributed by atoms with E-state index in [1.807, 2.05) is 36.5 Å². The van der Waals surface area contributed by atoms with Crippen LogP contribution in [0, 0.1) is 12.7 Å². The Morgan fingerprint density at radius 1 is 1.22 bits per heavy atom. The molecule has 1 aliphatic heterocycles. The van der Waals surface area contributed by atoms with Gasteiger partial charge in [0.05, 0.1) is 6.04 Å². The maximum Gasteiger partial charge on any atom is 0.248 e. The van der Waals surface area contributed by atoms with Crippen LogP contribution in [0.2, 0.25) is 5.02 Å². The molecule has 0 radical (unpaired) electrons. The zero-order valence-corrected chi connectivity index (χ0v) is 22.4. The van der Waals surface area contributed by atoms with Gasteiger partial charge in [0.15, 0.2) is 0 Å². The molecule has 1 fully saturated rings. The SMILES string of the molecule is Cc1cc(Cl)ccc1SN1CC(NC=O)C(=O)N(C(C=O)Cc2ccc(F)cc2)C1CN(C)C(C)C. The first-order valence-corrected chi connectivity index (χ1v) is 12.9. The molecule has 1 aliphatic rings. The van der Waals surface area contributed by atoms with Crippen molar-refractivity contribution in [3.63, 3.8) is 0 Å². The summed E-state index contributed by atoms with van der Waals surface area (Å²) in [7, 11) is 1.97. The van der Waals surface area contributed by atoms with Crippen LogP contribution in [0.5, 0.6) is 0 Å². The second kappa shape index (κ2) is 12.7. The Labute approximate surface area is 221 Å². The second-order valence-corrected chi connectivity index (χ2v) is 10.8. The Balaban J connectivity index is 2.02. The molecule has 0 bridgehead atoms. The number of nitrogens with one attached hydrogen (secondary N) is 1. The number of hydrogen-bond donors (Lipinski definition) is 1. The van der Waals surface area contributed by atoms with Crippen molar-refractivity contribution in [1.82, 2.24) is 19.4 Å². The van der Waals surface area contributed by atoms with E-state index >= 15 is 0 Å². The number of carbonyl (C=O) groups excluding carboxylic acids is 3. The number of likely N-dealkylation sites (N-methyl/N-ethyl adjacent to an activating group) is 1. The standard InChI is InChI=1S/C26H32ClFN4O3S/c1-17(2)30(4)14-25-31(36-24-10-7-20(27)11-18(24)3)13-23(29-16-34)26(35)32(25)22(15-33)12-19-5-8-21(28)9-6-19/h5-11,15-17,22-23,25H,12-14H2,1-4H3,(H,29,34). The lowest BCUT2D eigenvalue weighted by Crippen LogP contribution is -2.68. The quantitative estimate of drug-likeness (QED) is 0.351. The van der Waals surface area contributed by atoms with Gasteiger partial charge in [0.1, 0.15) is 24.3 Å². The van der Waals surface area contributed by atoms with Crippen molar-refractivity contribution in [1.29, 1.82) is 0 Å². The fourth-order valence-electron chi connectivity index (χ4n) is 4.10. The number of halogens is 2. The summed E-state index contributed by atoms with van der Waals surface area (Å²) in [5, 5.41) is 3.25. The van der Waals surface area contributed by atoms with Crippen LogP contribution in [0.1, 0.15) is 25.0 Å². The number of nitrogens with zero attached hydrogens (tertiary/aromatic N) is 3. The summed E-state index contributed by atoms with van der Waals surface area (Å²) in [6.07, 6.45) is 1.02. The Kier molecular flexibility index (Phi) is 9.90. The summed E-state index contributed by atoms with van der Waals surface area (Å²) in [4.78, 5) is 42.0. The second-order valence-electron chi connectivity index (χ2n) is 9.23. The largest absolute Gasteiger partial charge is 0.346 e. The number of amides is 2. The Morgan fingerprint density at radius 3 is 2.50 bits per heavy atom. The van der Waals surface area contributed by atoms with Gasteiger partial charge in [-0.05, 0) is 87.6 Å². The summed E-state index contributed by atoms with van der Waals surface area (Å²) in [6.45, 7) is 6.81. The average molecular weight is 535 g/mol. The molecule has 0 saturated carbocycles. The zero-order valence-electron chi connectivity index (χ0n) is 20.9. The Hall–Kier alpha value is -2.46. The van der Waals surface area contributed by atoms with E-state index in [2.05, 4.69) is 24.1 Å². The van der Waals surface area contributed by atoms with Gasteiger partial charge >= 0.3 is 0 Å². The van der Waals surface area contributed by atoms with Gasteiger partial charge in [0.25, 0.3) is 0 Å². The first kappa shape index (κ1) is 28.1. The molecule has 10 heteroatoms. The predicted molar refractivity (Wildman–Crippen MR) is 140 cm³/mol. The zero-order chi connectivity index (χ0) is 26.4. The highest BCUT2D eigenvalue weighted by atomic mass is 35.5. The third-order valence-electron chi connectivity index (χ3n) is 6.40. The van der Waals surface area contributed by atoms with Crippen molar-refractivity contribution >= 4 is 42.2 Å². The minimum Gasteiger partial charge on any atom is -0.346 e. The van der Waals surface area contributed by atoms with Gasteiger partial charge < -0.3 is 19.9 Å². The molecule has 1 heterocycles. The lowest BCUT2D eigenvalue weighted by atomic mass is 10.0. The molecule has 2 amide bonds. The monoisotopic (exact) mass is 534 g/mol. The van der Waals surface area contributed by atoms with E-state index in [9.17, 15) is 18.8 Å². The number of rotatable bonds is 11. The number of carbonyl (C=O) groups is 3. The topological polar surface area (TPSA) is 73.0 Å². The van der Waals surface area contributed by atoms with E-state index in [-0.39, 0.29) is 30.7 Å². The Bertz CT molecular complexity index is 1070. The molecule has 1 N–H and O–H groups in total. The van der Waals surface area contributed by atoms with Crippen LogP contribution < -0.4 is 5.32 Å². The van der Waals surface area contributed by atoms with E-state index < -0.39 is 18.2 Å². The summed E-state index contributed by atoms with van der Waals surface area (Å²) >= 11 is 7.62. The lowest BCUT2D eigenvalue weighted by Gasteiger charge is -2.49. The first-order valence-electron chi connectivity index (χ1n) is 11.8. The van der Waals surface area contributed by atoms with Crippen LogP contribution in [0.25, 0.3) is 0 Å². The molecule has 3 rings (SSSR count). The maximum atomic E-state index is 13.6. The number of hydrogen-bond acceptors (Lipinski definition) is 6. The van der Waals surface area contributed by atoms with Crippen molar-refractivity contribution in [2.24, 2.45) is 0 Å². The molecular weight excluding hydrogens is 503 g/mol. The third kappa shape index (κ3) is 6.85. The van der Waals surface area contributed by atoms with E-state index in [4.69, 9.17) is 11.6 Å². The number of benzene rings is 2. The van der Waals surface area contributed by atoms with Crippen LogP contribution in [0.3, 0.4) is 0 Å². The van der Waals surface area contributed by atoms with E-state index in [1.54, 1.807) is 17.0 Å². The van der Waals surface area contributed by atoms with Crippen molar-refractivity contribution in [2.45, 2.75) is 56.4 Å². The van der Waals surface area contributed by atoms with E-state index in [1.165, 1.54) is 24.1 Å². The molecule has 36 heavy (non-hydrogen) atoms. The van der Waals surface area contributed by atoms with Crippen LogP contribution >= 0.6 is 23.5 Å². The smallest absolute Gasteiger partial charge is 0.248 e. The molecule has 1 saturated heterocycles. The molecule has 0 aliphatic carbocycles. The van der Waals surface area contributed by atoms with E-state index in [0.717, 1.165) is 22.3 Å². The van der Waals surface area contributed by atoms with Crippen LogP contribution in [0.4, 0.5) is 4.39 Å². The molecule has 2 aromatic carbocycles. The molecule has 0 spiro atoms. The molecular formula is C26H32ClFN4O3S. The molecule has 0 aromatic heterocycles. The number of aryl methyl sites for hydroxylation is 1. The molecule has 2 aromatic rings. The van der Waals surface area contributed by atoms with Crippen LogP contribution in [-0.2, 0) is 20.8 Å². The molecule has 3 unspecified atom stereocenters. The van der Waals surface area contributed by atoms with Gasteiger partial charge in [-0.25, -0.2) is 8.70 Å². The normalized spacial score (nSPS) is 19.6. The molecule has 194 valence electrons. The van der Waals surface area contributed by atoms with Gasteiger partial charge in [0, 0.05) is 29.0 Å². The predicted octanol–water partition coefficient (Wildman–Crippen LogP) is 3.53. The summed E-state index contributed by atoms with van der Waals surface area (Å²) in [6, 6.07) is 10.1. The first-order chi connectivity index (χ1) is 17.1. The van der Waals surface area contributed by atoms with Gasteiger partial charge in [0.2, 0.25) is 12.3 Å². The molecule has 3 atom stereocenters.